The van der Waals surface area contributed by atoms with E-state index in [9.17, 15) is 0 Å². The molecule has 0 amide bonds. The second kappa shape index (κ2) is 7.77. The Morgan fingerprint density at radius 1 is 1.12 bits per heavy atom. The number of hydrogen-bond donors (Lipinski definition) is 0. The van der Waals surface area contributed by atoms with E-state index in [-0.39, 0.29) is 0 Å². The number of methoxy groups -OCH3 is 2. The van der Waals surface area contributed by atoms with Gasteiger partial charge in [0, 0.05) is 11.6 Å². The fourth-order valence-corrected chi connectivity index (χ4v) is 4.97. The van der Waals surface area contributed by atoms with Gasteiger partial charge in [-0.05, 0) is 81.1 Å². The molecule has 1 aromatic rings. The summed E-state index contributed by atoms with van der Waals surface area (Å²) in [5.41, 5.74) is 4.54. The first-order chi connectivity index (χ1) is 11.7. The van der Waals surface area contributed by atoms with Crippen LogP contribution in [0.5, 0.6) is 11.5 Å². The highest BCUT2D eigenvalue weighted by Crippen LogP contribution is 2.48. The summed E-state index contributed by atoms with van der Waals surface area (Å²) in [4.78, 5) is 2.73. The second-order valence-electron chi connectivity index (χ2n) is 7.38. The summed E-state index contributed by atoms with van der Waals surface area (Å²) in [5, 5.41) is 0. The van der Waals surface area contributed by atoms with Gasteiger partial charge in [0.05, 0.1) is 14.2 Å². The highest BCUT2D eigenvalue weighted by Gasteiger charge is 2.35. The van der Waals surface area contributed by atoms with Crippen LogP contribution in [0, 0.1) is 0 Å². The summed E-state index contributed by atoms with van der Waals surface area (Å²) >= 11 is 0. The molecule has 2 unspecified atom stereocenters. The number of hydrogen-bond acceptors (Lipinski definition) is 3. The topological polar surface area (TPSA) is 21.7 Å². The lowest BCUT2D eigenvalue weighted by Crippen LogP contribution is -2.42. The molecule has 3 nitrogen and oxygen atoms in total. The van der Waals surface area contributed by atoms with E-state index in [4.69, 9.17) is 9.47 Å². The molecule has 0 bridgehead atoms. The predicted octanol–water partition coefficient (Wildman–Crippen LogP) is 4.56. The molecule has 2 aliphatic rings. The Morgan fingerprint density at radius 3 is 2.50 bits per heavy atom. The standard InChI is InChI=1S/C21H33NO2/c1-5-10-22(11-6-2)17-12-15-8-7-9-18-20(15)16(13-17)14-19(23-3)21(18)24-4/h14-15,17H,5-13H2,1-4H3. The zero-order valence-corrected chi connectivity index (χ0v) is 15.9. The lowest BCUT2D eigenvalue weighted by molar-refractivity contribution is 0.165. The Bertz CT molecular complexity index is 563. The van der Waals surface area contributed by atoms with E-state index in [1.807, 2.05) is 0 Å². The highest BCUT2D eigenvalue weighted by atomic mass is 16.5. The molecule has 24 heavy (non-hydrogen) atoms. The number of benzene rings is 1. The van der Waals surface area contributed by atoms with Crippen molar-refractivity contribution in [1.82, 2.24) is 4.90 Å². The third-order valence-corrected chi connectivity index (χ3v) is 5.84. The van der Waals surface area contributed by atoms with E-state index < -0.39 is 0 Å². The molecule has 2 atom stereocenters. The number of ether oxygens (including phenoxy) is 2. The van der Waals surface area contributed by atoms with Crippen molar-refractivity contribution < 1.29 is 9.47 Å². The van der Waals surface area contributed by atoms with Crippen LogP contribution in [0.3, 0.4) is 0 Å². The second-order valence-corrected chi connectivity index (χ2v) is 7.38. The average Bonchev–Trinajstić information content (AvgIpc) is 2.61. The van der Waals surface area contributed by atoms with Crippen LogP contribution in [0.1, 0.15) is 68.6 Å². The van der Waals surface area contributed by atoms with E-state index in [1.54, 1.807) is 19.8 Å². The first-order valence-electron chi connectivity index (χ1n) is 9.74. The van der Waals surface area contributed by atoms with Gasteiger partial charge in [-0.2, -0.15) is 0 Å². The normalized spacial score (nSPS) is 22.4. The van der Waals surface area contributed by atoms with E-state index >= 15 is 0 Å². The van der Waals surface area contributed by atoms with Crippen LogP contribution in [0.2, 0.25) is 0 Å². The van der Waals surface area contributed by atoms with Crippen molar-refractivity contribution in [3.8, 4) is 11.5 Å². The molecule has 1 aromatic carbocycles. The van der Waals surface area contributed by atoms with Crippen LogP contribution < -0.4 is 9.47 Å². The van der Waals surface area contributed by atoms with Crippen molar-refractivity contribution in [1.29, 1.82) is 0 Å². The van der Waals surface area contributed by atoms with Crippen LogP contribution in [-0.4, -0.2) is 38.3 Å². The zero-order valence-electron chi connectivity index (χ0n) is 15.9. The lowest BCUT2D eigenvalue weighted by atomic mass is 9.71. The Morgan fingerprint density at radius 2 is 1.88 bits per heavy atom. The molecule has 0 saturated heterocycles. The van der Waals surface area contributed by atoms with E-state index in [1.165, 1.54) is 62.7 Å². The van der Waals surface area contributed by atoms with E-state index in [2.05, 4.69) is 24.8 Å². The van der Waals surface area contributed by atoms with Crippen molar-refractivity contribution in [2.24, 2.45) is 0 Å². The Labute approximate surface area is 147 Å². The summed E-state index contributed by atoms with van der Waals surface area (Å²) in [6.07, 6.45) is 8.70. The van der Waals surface area contributed by atoms with Crippen LogP contribution in [0.15, 0.2) is 6.07 Å². The van der Waals surface area contributed by atoms with E-state index in [0.717, 1.165) is 17.9 Å². The predicted molar refractivity (Wildman–Crippen MR) is 99.5 cm³/mol. The van der Waals surface area contributed by atoms with Gasteiger partial charge >= 0.3 is 0 Å². The van der Waals surface area contributed by atoms with Gasteiger partial charge in [0.2, 0.25) is 0 Å². The van der Waals surface area contributed by atoms with Gasteiger partial charge in [-0.3, -0.25) is 0 Å². The van der Waals surface area contributed by atoms with E-state index in [0.29, 0.717) is 12.0 Å². The van der Waals surface area contributed by atoms with Crippen LogP contribution >= 0.6 is 0 Å². The maximum atomic E-state index is 5.72. The fourth-order valence-electron chi connectivity index (χ4n) is 4.97. The minimum Gasteiger partial charge on any atom is -0.493 e. The molecule has 0 aromatic heterocycles. The smallest absolute Gasteiger partial charge is 0.164 e. The molecule has 0 saturated carbocycles. The first kappa shape index (κ1) is 17.6. The lowest BCUT2D eigenvalue weighted by Gasteiger charge is -2.41. The van der Waals surface area contributed by atoms with Crippen LogP contribution in [-0.2, 0) is 12.8 Å². The maximum Gasteiger partial charge on any atom is 0.164 e. The third kappa shape index (κ3) is 3.15. The monoisotopic (exact) mass is 331 g/mol. The molecule has 0 heterocycles. The molecule has 0 N–H and O–H groups in total. The van der Waals surface area contributed by atoms with Crippen molar-refractivity contribution in [3.63, 3.8) is 0 Å². The summed E-state index contributed by atoms with van der Waals surface area (Å²) in [6, 6.07) is 2.95. The Hall–Kier alpha value is -1.22. The average molecular weight is 332 g/mol. The van der Waals surface area contributed by atoms with Crippen molar-refractivity contribution in [3.05, 3.63) is 22.8 Å². The molecule has 3 rings (SSSR count). The number of rotatable bonds is 7. The third-order valence-electron chi connectivity index (χ3n) is 5.84. The van der Waals surface area contributed by atoms with Gasteiger partial charge in [0.1, 0.15) is 0 Å². The van der Waals surface area contributed by atoms with Crippen LogP contribution in [0.4, 0.5) is 0 Å². The van der Waals surface area contributed by atoms with Crippen molar-refractivity contribution in [2.75, 3.05) is 27.3 Å². The minimum atomic E-state index is 0.687. The van der Waals surface area contributed by atoms with Gasteiger partial charge in [0.15, 0.2) is 11.5 Å². The highest BCUT2D eigenvalue weighted by molar-refractivity contribution is 5.57. The first-order valence-corrected chi connectivity index (χ1v) is 9.74. The van der Waals surface area contributed by atoms with Crippen LogP contribution in [0.25, 0.3) is 0 Å². The quantitative estimate of drug-likeness (QED) is 0.731. The van der Waals surface area contributed by atoms with Gasteiger partial charge < -0.3 is 14.4 Å². The SMILES string of the molecule is CCCN(CCC)C1Cc2cc(OC)c(OC)c3c2C(CCC3)C1. The molecular weight excluding hydrogens is 298 g/mol. The maximum absolute atomic E-state index is 5.72. The van der Waals surface area contributed by atoms with Gasteiger partial charge in [-0.15, -0.1) is 0 Å². The van der Waals surface area contributed by atoms with Gasteiger partial charge in [-0.25, -0.2) is 0 Å². The summed E-state index contributed by atoms with van der Waals surface area (Å²) in [7, 11) is 3.54. The van der Waals surface area contributed by atoms with Crippen molar-refractivity contribution in [2.45, 2.75) is 70.8 Å². The number of nitrogens with zero attached hydrogens (tertiary/aromatic N) is 1. The molecule has 0 spiro atoms. The molecule has 0 radical (unpaired) electrons. The minimum absolute atomic E-state index is 0.687. The molecule has 3 heteroatoms. The summed E-state index contributed by atoms with van der Waals surface area (Å²) in [5.74, 6) is 2.61. The largest absolute Gasteiger partial charge is 0.493 e. The zero-order chi connectivity index (χ0) is 17.1. The molecule has 0 fully saturated rings. The van der Waals surface area contributed by atoms with Gasteiger partial charge in [-0.1, -0.05) is 13.8 Å². The molecule has 0 aliphatic heterocycles. The Kier molecular flexibility index (Phi) is 5.70. The van der Waals surface area contributed by atoms with Gasteiger partial charge in [0.25, 0.3) is 0 Å². The molecule has 134 valence electrons. The summed E-state index contributed by atoms with van der Waals surface area (Å²) < 4.78 is 11.4. The molecular formula is C21H33NO2. The summed E-state index contributed by atoms with van der Waals surface area (Å²) in [6.45, 7) is 7.04. The van der Waals surface area contributed by atoms with Crippen molar-refractivity contribution >= 4 is 0 Å². The Balaban J connectivity index is 1.98. The fraction of sp³-hybridized carbons (Fsp3) is 0.714. The molecule has 2 aliphatic carbocycles.